The third-order valence-electron chi connectivity index (χ3n) is 5.03. The van der Waals surface area contributed by atoms with Crippen molar-refractivity contribution in [3.05, 3.63) is 88.9 Å². The molecule has 1 amide bonds. The number of nitrogens with zero attached hydrogens (tertiary/aromatic N) is 1. The van der Waals surface area contributed by atoms with E-state index in [2.05, 4.69) is 10.3 Å². The second kappa shape index (κ2) is 9.18. The number of thiophene rings is 1. The lowest BCUT2D eigenvalue weighted by atomic mass is 10.0. The number of anilines is 1. The maximum atomic E-state index is 13.1. The summed E-state index contributed by atoms with van der Waals surface area (Å²) in [4.78, 5) is 18.2. The van der Waals surface area contributed by atoms with E-state index in [4.69, 9.17) is 16.3 Å². The number of rotatable bonds is 6. The Hall–Kier alpha value is -3.86. The van der Waals surface area contributed by atoms with Crippen molar-refractivity contribution in [2.75, 3.05) is 5.32 Å². The van der Waals surface area contributed by atoms with Crippen molar-refractivity contribution in [1.82, 2.24) is 4.98 Å². The van der Waals surface area contributed by atoms with Gasteiger partial charge in [-0.15, -0.1) is 11.3 Å². The van der Waals surface area contributed by atoms with Crippen molar-refractivity contribution in [2.45, 2.75) is 11.1 Å². The molecule has 0 saturated carbocycles. The quantitative estimate of drug-likeness (QED) is 0.237. The number of nitrogen functional groups attached to an aromatic ring is 1. The minimum absolute atomic E-state index is 0.0738. The van der Waals surface area contributed by atoms with E-state index in [1.54, 1.807) is 72.9 Å². The van der Waals surface area contributed by atoms with Gasteiger partial charge in [0.25, 0.3) is 5.91 Å². The molecule has 2 heterocycles. The molecule has 2 aromatic carbocycles. The number of hydrogen-bond donors (Lipinski definition) is 4. The molecule has 0 radical (unpaired) electrons. The number of nitrogens with two attached hydrogens (primary N) is 2. The monoisotopic (exact) mass is 491 g/mol. The van der Waals surface area contributed by atoms with Gasteiger partial charge in [0.1, 0.15) is 10.0 Å². The first kappa shape index (κ1) is 23.3. The number of sulfonamides is 1. The van der Waals surface area contributed by atoms with E-state index in [1.165, 1.54) is 0 Å². The SMILES string of the molecule is Cc1cc(-c2ccc(NC(=O)c3cccnc3-c3cccc(C(=N)N)c3)cc2)c(S(N)(=O)=O)s1. The Morgan fingerprint density at radius 3 is 2.44 bits per heavy atom. The van der Waals surface area contributed by atoms with Crippen LogP contribution in [0.4, 0.5) is 5.69 Å². The minimum Gasteiger partial charge on any atom is -0.384 e. The number of nitrogens with one attached hydrogen (secondary N) is 2. The number of pyridine rings is 1. The summed E-state index contributed by atoms with van der Waals surface area (Å²) in [6.45, 7) is 1.81. The highest BCUT2D eigenvalue weighted by Crippen LogP contribution is 2.34. The summed E-state index contributed by atoms with van der Waals surface area (Å²) in [5.74, 6) is -0.434. The molecule has 0 aliphatic rings. The average molecular weight is 492 g/mol. The van der Waals surface area contributed by atoms with Crippen LogP contribution in [0.2, 0.25) is 0 Å². The van der Waals surface area contributed by atoms with E-state index in [1.807, 2.05) is 6.92 Å². The maximum absolute atomic E-state index is 13.1. The Bertz CT molecular complexity index is 1510. The minimum atomic E-state index is -3.84. The molecule has 34 heavy (non-hydrogen) atoms. The lowest BCUT2D eigenvalue weighted by molar-refractivity contribution is 0.102. The molecule has 0 aliphatic carbocycles. The fourth-order valence-electron chi connectivity index (χ4n) is 3.49. The van der Waals surface area contributed by atoms with Gasteiger partial charge in [0.2, 0.25) is 10.0 Å². The molecule has 172 valence electrons. The van der Waals surface area contributed by atoms with Crippen LogP contribution in [-0.2, 0) is 10.0 Å². The van der Waals surface area contributed by atoms with Crippen LogP contribution in [0.5, 0.6) is 0 Å². The highest BCUT2D eigenvalue weighted by molar-refractivity contribution is 7.91. The van der Waals surface area contributed by atoms with Crippen LogP contribution in [0.3, 0.4) is 0 Å². The first-order valence-corrected chi connectivity index (χ1v) is 12.4. The molecule has 8 nitrogen and oxygen atoms in total. The van der Waals surface area contributed by atoms with Crippen LogP contribution >= 0.6 is 11.3 Å². The normalized spacial score (nSPS) is 11.2. The molecule has 0 spiro atoms. The van der Waals surface area contributed by atoms with Gasteiger partial charge in [0, 0.05) is 33.5 Å². The number of hydrogen-bond acceptors (Lipinski definition) is 6. The zero-order chi connectivity index (χ0) is 24.5. The van der Waals surface area contributed by atoms with Gasteiger partial charge in [-0.25, -0.2) is 13.6 Å². The van der Waals surface area contributed by atoms with Crippen molar-refractivity contribution in [1.29, 1.82) is 5.41 Å². The number of primary sulfonamides is 1. The Balaban J connectivity index is 1.61. The number of aryl methyl sites for hydroxylation is 1. The number of aromatic nitrogens is 1. The van der Waals surface area contributed by atoms with Crippen molar-refractivity contribution in [3.63, 3.8) is 0 Å². The summed E-state index contributed by atoms with van der Waals surface area (Å²) < 4.78 is 24.0. The largest absolute Gasteiger partial charge is 0.384 e. The van der Waals surface area contributed by atoms with E-state index in [0.717, 1.165) is 16.2 Å². The zero-order valence-electron chi connectivity index (χ0n) is 18.1. The number of benzene rings is 2. The number of carbonyl (C=O) groups is 1. The molecule has 0 fully saturated rings. The molecule has 0 unspecified atom stereocenters. The van der Waals surface area contributed by atoms with Crippen molar-refractivity contribution >= 4 is 38.8 Å². The molecule has 4 aromatic rings. The average Bonchev–Trinajstić information content (AvgIpc) is 3.22. The van der Waals surface area contributed by atoms with Gasteiger partial charge in [-0.05, 0) is 48.9 Å². The van der Waals surface area contributed by atoms with Crippen LogP contribution in [0.1, 0.15) is 20.8 Å². The van der Waals surface area contributed by atoms with E-state index in [-0.39, 0.29) is 16.0 Å². The summed E-state index contributed by atoms with van der Waals surface area (Å²) in [6, 6.07) is 18.9. The van der Waals surface area contributed by atoms with Crippen LogP contribution in [0, 0.1) is 12.3 Å². The molecular formula is C24H21N5O3S2. The predicted octanol–water partition coefficient (Wildman–Crippen LogP) is 3.97. The lowest BCUT2D eigenvalue weighted by Gasteiger charge is -2.11. The molecule has 0 saturated heterocycles. The van der Waals surface area contributed by atoms with Crippen LogP contribution in [0.15, 0.2) is 77.1 Å². The third kappa shape index (κ3) is 4.88. The van der Waals surface area contributed by atoms with Gasteiger partial charge in [0.05, 0.1) is 11.3 Å². The summed E-state index contributed by atoms with van der Waals surface area (Å²) >= 11 is 1.12. The zero-order valence-corrected chi connectivity index (χ0v) is 19.7. The van der Waals surface area contributed by atoms with Gasteiger partial charge >= 0.3 is 0 Å². The Morgan fingerprint density at radius 1 is 1.03 bits per heavy atom. The fourth-order valence-corrected chi connectivity index (χ4v) is 5.59. The number of carbonyl (C=O) groups excluding carboxylic acids is 1. The Labute approximate surface area is 200 Å². The lowest BCUT2D eigenvalue weighted by Crippen LogP contribution is -2.14. The molecule has 2 aromatic heterocycles. The summed E-state index contributed by atoms with van der Waals surface area (Å²) in [5, 5.41) is 15.9. The summed E-state index contributed by atoms with van der Waals surface area (Å²) in [6.07, 6.45) is 1.59. The van der Waals surface area contributed by atoms with Gasteiger partial charge < -0.3 is 11.1 Å². The van der Waals surface area contributed by atoms with Gasteiger partial charge in [-0.3, -0.25) is 15.2 Å². The maximum Gasteiger partial charge on any atom is 0.257 e. The standard InChI is InChI=1S/C24H21N5O3S2/c1-14-12-20(24(33-14)34(27,31)32)15-7-9-18(10-8-15)29-23(30)19-6-3-11-28-21(19)16-4-2-5-17(13-16)22(25)26/h2-13H,1H3,(H3,25,26)(H,29,30)(H2,27,31,32). The molecular weight excluding hydrogens is 470 g/mol. The number of amidine groups is 1. The first-order valence-electron chi connectivity index (χ1n) is 10.1. The third-order valence-corrected chi connectivity index (χ3v) is 7.56. The topological polar surface area (TPSA) is 152 Å². The van der Waals surface area contributed by atoms with Crippen molar-refractivity contribution in [3.8, 4) is 22.4 Å². The van der Waals surface area contributed by atoms with E-state index < -0.39 is 10.0 Å². The van der Waals surface area contributed by atoms with Gasteiger partial charge in [0.15, 0.2) is 0 Å². The molecule has 6 N–H and O–H groups in total. The van der Waals surface area contributed by atoms with Crippen LogP contribution < -0.4 is 16.2 Å². The second-order valence-corrected chi connectivity index (χ2v) is 10.5. The van der Waals surface area contributed by atoms with Crippen LogP contribution in [0.25, 0.3) is 22.4 Å². The van der Waals surface area contributed by atoms with E-state index in [0.29, 0.717) is 39.2 Å². The summed E-state index contributed by atoms with van der Waals surface area (Å²) in [7, 11) is -3.84. The van der Waals surface area contributed by atoms with E-state index >= 15 is 0 Å². The fraction of sp³-hybridized carbons (Fsp3) is 0.0417. The predicted molar refractivity (Wildman–Crippen MR) is 135 cm³/mol. The van der Waals surface area contributed by atoms with Crippen molar-refractivity contribution < 1.29 is 13.2 Å². The second-order valence-electron chi connectivity index (χ2n) is 7.53. The molecule has 4 rings (SSSR count). The van der Waals surface area contributed by atoms with Gasteiger partial charge in [-0.1, -0.05) is 30.3 Å². The van der Waals surface area contributed by atoms with Gasteiger partial charge in [-0.2, -0.15) is 0 Å². The van der Waals surface area contributed by atoms with E-state index in [9.17, 15) is 13.2 Å². The molecule has 10 heteroatoms. The Kier molecular flexibility index (Phi) is 6.29. The highest BCUT2D eigenvalue weighted by atomic mass is 32.2. The highest BCUT2D eigenvalue weighted by Gasteiger charge is 2.19. The first-order chi connectivity index (χ1) is 16.1. The molecule has 0 aliphatic heterocycles. The smallest absolute Gasteiger partial charge is 0.257 e. The molecule has 0 bridgehead atoms. The molecule has 0 atom stereocenters. The van der Waals surface area contributed by atoms with Crippen molar-refractivity contribution in [2.24, 2.45) is 10.9 Å². The Morgan fingerprint density at radius 2 is 1.76 bits per heavy atom. The van der Waals surface area contributed by atoms with Crippen LogP contribution in [-0.4, -0.2) is 25.1 Å². The summed E-state index contributed by atoms with van der Waals surface area (Å²) in [5.41, 5.74) is 9.35. The number of amides is 1.